The molecule has 21 heavy (non-hydrogen) atoms. The highest BCUT2D eigenvalue weighted by Crippen LogP contribution is 2.17. The predicted octanol–water partition coefficient (Wildman–Crippen LogP) is 3.08. The van der Waals surface area contributed by atoms with Crippen LogP contribution in [0.15, 0.2) is 60.7 Å². The molecule has 0 spiro atoms. The SMILES string of the molecule is CCC(N)(Cc1ccccc1)C(=O)OCc1ccccc1. The van der Waals surface area contributed by atoms with Gasteiger partial charge in [-0.15, -0.1) is 0 Å². The van der Waals surface area contributed by atoms with E-state index in [0.29, 0.717) is 12.8 Å². The minimum Gasteiger partial charge on any atom is -0.459 e. The molecule has 3 heteroatoms. The van der Waals surface area contributed by atoms with Crippen molar-refractivity contribution in [1.29, 1.82) is 0 Å². The normalized spacial score (nSPS) is 13.4. The number of nitrogens with two attached hydrogens (primary N) is 1. The lowest BCUT2D eigenvalue weighted by molar-refractivity contribution is -0.151. The molecule has 0 fully saturated rings. The van der Waals surface area contributed by atoms with Gasteiger partial charge in [-0.1, -0.05) is 67.6 Å². The molecule has 0 amide bonds. The summed E-state index contributed by atoms with van der Waals surface area (Å²) in [6, 6.07) is 19.4. The molecule has 0 aliphatic heterocycles. The van der Waals surface area contributed by atoms with E-state index in [1.54, 1.807) is 0 Å². The Morgan fingerprint density at radius 3 is 2.05 bits per heavy atom. The lowest BCUT2D eigenvalue weighted by Gasteiger charge is -2.26. The van der Waals surface area contributed by atoms with Crippen LogP contribution >= 0.6 is 0 Å². The van der Waals surface area contributed by atoms with Crippen LogP contribution in [0.3, 0.4) is 0 Å². The van der Waals surface area contributed by atoms with Gasteiger partial charge in [-0.3, -0.25) is 4.79 Å². The summed E-state index contributed by atoms with van der Waals surface area (Å²) in [6.45, 7) is 2.17. The highest BCUT2D eigenvalue weighted by Gasteiger charge is 2.34. The number of carbonyl (C=O) groups excluding carboxylic acids is 1. The maximum Gasteiger partial charge on any atom is 0.326 e. The van der Waals surface area contributed by atoms with E-state index in [-0.39, 0.29) is 12.6 Å². The molecular weight excluding hydrogens is 262 g/mol. The van der Waals surface area contributed by atoms with Gasteiger partial charge in [0.15, 0.2) is 0 Å². The Morgan fingerprint density at radius 2 is 1.52 bits per heavy atom. The Bertz CT molecular complexity index is 568. The summed E-state index contributed by atoms with van der Waals surface area (Å²) in [4.78, 5) is 12.3. The molecular formula is C18H21NO2. The van der Waals surface area contributed by atoms with Gasteiger partial charge < -0.3 is 10.5 Å². The van der Waals surface area contributed by atoms with Crippen LogP contribution in [-0.2, 0) is 22.6 Å². The third-order valence-corrected chi connectivity index (χ3v) is 3.61. The quantitative estimate of drug-likeness (QED) is 0.829. The molecule has 2 rings (SSSR count). The smallest absolute Gasteiger partial charge is 0.326 e. The zero-order valence-electron chi connectivity index (χ0n) is 12.3. The standard InChI is InChI=1S/C18H21NO2/c1-2-18(19,13-15-9-5-3-6-10-15)17(20)21-14-16-11-7-4-8-12-16/h3-12H,2,13-14,19H2,1H3. The van der Waals surface area contributed by atoms with Gasteiger partial charge in [0, 0.05) is 6.42 Å². The minimum atomic E-state index is -0.976. The maximum absolute atomic E-state index is 12.3. The lowest BCUT2D eigenvalue weighted by atomic mass is 9.89. The van der Waals surface area contributed by atoms with E-state index < -0.39 is 5.54 Å². The zero-order chi connectivity index (χ0) is 15.1. The summed E-state index contributed by atoms with van der Waals surface area (Å²) >= 11 is 0. The van der Waals surface area contributed by atoms with Crippen LogP contribution in [0.1, 0.15) is 24.5 Å². The van der Waals surface area contributed by atoms with Gasteiger partial charge in [0.1, 0.15) is 12.1 Å². The zero-order valence-corrected chi connectivity index (χ0v) is 12.3. The van der Waals surface area contributed by atoms with E-state index >= 15 is 0 Å². The molecule has 2 aromatic rings. The van der Waals surface area contributed by atoms with Gasteiger partial charge in [0.05, 0.1) is 0 Å². The van der Waals surface area contributed by atoms with Crippen molar-refractivity contribution in [3.8, 4) is 0 Å². The van der Waals surface area contributed by atoms with Crippen LogP contribution in [0.25, 0.3) is 0 Å². The highest BCUT2D eigenvalue weighted by molar-refractivity contribution is 5.81. The van der Waals surface area contributed by atoms with Gasteiger partial charge in [0.25, 0.3) is 0 Å². The third-order valence-electron chi connectivity index (χ3n) is 3.61. The summed E-state index contributed by atoms with van der Waals surface area (Å²) < 4.78 is 5.39. The van der Waals surface area contributed by atoms with Crippen LogP contribution in [0, 0.1) is 0 Å². The largest absolute Gasteiger partial charge is 0.459 e. The summed E-state index contributed by atoms with van der Waals surface area (Å²) in [5, 5.41) is 0. The molecule has 0 saturated carbocycles. The molecule has 0 heterocycles. The number of benzene rings is 2. The third kappa shape index (κ3) is 4.17. The van der Waals surface area contributed by atoms with Crippen LogP contribution in [0.4, 0.5) is 0 Å². The first-order valence-corrected chi connectivity index (χ1v) is 7.18. The first-order chi connectivity index (χ1) is 10.1. The van der Waals surface area contributed by atoms with Crippen molar-refractivity contribution in [3.05, 3.63) is 71.8 Å². The predicted molar refractivity (Wildman–Crippen MR) is 83.6 cm³/mol. The van der Waals surface area contributed by atoms with E-state index in [4.69, 9.17) is 10.5 Å². The van der Waals surface area contributed by atoms with E-state index in [2.05, 4.69) is 0 Å². The van der Waals surface area contributed by atoms with E-state index in [9.17, 15) is 4.79 Å². The number of carbonyl (C=O) groups is 1. The van der Waals surface area contributed by atoms with Gasteiger partial charge in [-0.05, 0) is 17.5 Å². The van der Waals surface area contributed by atoms with Crippen molar-refractivity contribution in [3.63, 3.8) is 0 Å². The number of hydrogen-bond acceptors (Lipinski definition) is 3. The first kappa shape index (κ1) is 15.3. The number of rotatable bonds is 6. The molecule has 1 atom stereocenters. The summed E-state index contributed by atoms with van der Waals surface area (Å²) in [6.07, 6.45) is 1.02. The molecule has 0 aliphatic carbocycles. The van der Waals surface area contributed by atoms with Gasteiger partial charge in [-0.25, -0.2) is 0 Å². The van der Waals surface area contributed by atoms with Crippen molar-refractivity contribution < 1.29 is 9.53 Å². The van der Waals surface area contributed by atoms with Crippen molar-refractivity contribution in [2.24, 2.45) is 5.73 Å². The Morgan fingerprint density at radius 1 is 1.00 bits per heavy atom. The molecule has 2 aromatic carbocycles. The fraction of sp³-hybridized carbons (Fsp3) is 0.278. The molecule has 0 radical (unpaired) electrons. The molecule has 0 aliphatic rings. The molecule has 0 bridgehead atoms. The highest BCUT2D eigenvalue weighted by atomic mass is 16.5. The summed E-state index contributed by atoms with van der Waals surface area (Å²) in [7, 11) is 0. The van der Waals surface area contributed by atoms with E-state index in [0.717, 1.165) is 11.1 Å². The second-order valence-corrected chi connectivity index (χ2v) is 5.23. The molecule has 3 nitrogen and oxygen atoms in total. The van der Waals surface area contributed by atoms with Crippen LogP contribution in [0.2, 0.25) is 0 Å². The Hall–Kier alpha value is -2.13. The topological polar surface area (TPSA) is 52.3 Å². The summed E-state index contributed by atoms with van der Waals surface area (Å²) in [5.41, 5.74) is 7.29. The van der Waals surface area contributed by atoms with Crippen molar-refractivity contribution in [1.82, 2.24) is 0 Å². The van der Waals surface area contributed by atoms with E-state index in [1.807, 2.05) is 67.6 Å². The van der Waals surface area contributed by atoms with Gasteiger partial charge in [0.2, 0.25) is 0 Å². The van der Waals surface area contributed by atoms with Crippen LogP contribution in [-0.4, -0.2) is 11.5 Å². The fourth-order valence-electron chi connectivity index (χ4n) is 2.17. The van der Waals surface area contributed by atoms with Crippen molar-refractivity contribution in [2.45, 2.75) is 31.9 Å². The Balaban J connectivity index is 2.00. The molecule has 110 valence electrons. The molecule has 2 N–H and O–H groups in total. The second kappa shape index (κ2) is 7.04. The van der Waals surface area contributed by atoms with Crippen LogP contribution in [0.5, 0.6) is 0 Å². The van der Waals surface area contributed by atoms with Crippen LogP contribution < -0.4 is 5.73 Å². The first-order valence-electron chi connectivity index (χ1n) is 7.18. The van der Waals surface area contributed by atoms with Crippen molar-refractivity contribution in [2.75, 3.05) is 0 Å². The van der Waals surface area contributed by atoms with E-state index in [1.165, 1.54) is 0 Å². The molecule has 0 saturated heterocycles. The molecule has 0 aromatic heterocycles. The average molecular weight is 283 g/mol. The monoisotopic (exact) mass is 283 g/mol. The second-order valence-electron chi connectivity index (χ2n) is 5.23. The number of hydrogen-bond donors (Lipinski definition) is 1. The lowest BCUT2D eigenvalue weighted by Crippen LogP contribution is -2.50. The summed E-state index contributed by atoms with van der Waals surface area (Å²) in [5.74, 6) is -0.349. The Labute approximate surface area is 125 Å². The average Bonchev–Trinajstić information content (AvgIpc) is 2.54. The molecule has 1 unspecified atom stereocenters. The maximum atomic E-state index is 12.3. The number of ether oxygens (including phenoxy) is 1. The number of esters is 1. The minimum absolute atomic E-state index is 0.257. The fourth-order valence-corrected chi connectivity index (χ4v) is 2.17. The van der Waals surface area contributed by atoms with Crippen molar-refractivity contribution >= 4 is 5.97 Å². The van der Waals surface area contributed by atoms with Gasteiger partial charge >= 0.3 is 5.97 Å². The van der Waals surface area contributed by atoms with Gasteiger partial charge in [-0.2, -0.15) is 0 Å². The Kier molecular flexibility index (Phi) is 5.12.